The minimum absolute atomic E-state index is 0.0235. The quantitative estimate of drug-likeness (QED) is 0.748. The fourth-order valence-electron chi connectivity index (χ4n) is 2.59. The standard InChI is InChI=1S/C17H26N2O2/c1-15(2)21-17(20)14-19-12-10-18(11-13-19)9-8-16-6-4-3-5-7-16/h3-7,15H,8-14H2,1-2H3. The van der Waals surface area contributed by atoms with Crippen LogP contribution in [-0.4, -0.2) is 61.1 Å². The Bertz CT molecular complexity index is 426. The van der Waals surface area contributed by atoms with E-state index < -0.39 is 0 Å². The van der Waals surface area contributed by atoms with E-state index in [1.54, 1.807) is 0 Å². The molecule has 1 heterocycles. The van der Waals surface area contributed by atoms with Crippen molar-refractivity contribution in [2.75, 3.05) is 39.3 Å². The number of hydrogen-bond acceptors (Lipinski definition) is 4. The highest BCUT2D eigenvalue weighted by atomic mass is 16.5. The van der Waals surface area contributed by atoms with Gasteiger partial charge in [0.2, 0.25) is 0 Å². The number of hydrogen-bond donors (Lipinski definition) is 0. The Labute approximate surface area is 127 Å². The van der Waals surface area contributed by atoms with Crippen molar-refractivity contribution >= 4 is 5.97 Å². The van der Waals surface area contributed by atoms with Gasteiger partial charge in [-0.15, -0.1) is 0 Å². The Morgan fingerprint density at radius 3 is 2.33 bits per heavy atom. The average Bonchev–Trinajstić information content (AvgIpc) is 2.47. The molecule has 0 spiro atoms. The predicted octanol–water partition coefficient (Wildman–Crippen LogP) is 1.80. The summed E-state index contributed by atoms with van der Waals surface area (Å²) in [6, 6.07) is 10.6. The number of piperazine rings is 1. The van der Waals surface area contributed by atoms with Crippen molar-refractivity contribution in [3.63, 3.8) is 0 Å². The molecule has 0 radical (unpaired) electrons. The summed E-state index contributed by atoms with van der Waals surface area (Å²) in [5.74, 6) is -0.109. The molecule has 4 heteroatoms. The molecule has 2 rings (SSSR count). The van der Waals surface area contributed by atoms with E-state index in [9.17, 15) is 4.79 Å². The van der Waals surface area contributed by atoms with Gasteiger partial charge in [0, 0.05) is 32.7 Å². The molecule has 0 aliphatic carbocycles. The Balaban J connectivity index is 1.65. The lowest BCUT2D eigenvalue weighted by Gasteiger charge is -2.34. The molecule has 0 atom stereocenters. The first kappa shape index (κ1) is 16.0. The fraction of sp³-hybridized carbons (Fsp3) is 0.588. The van der Waals surface area contributed by atoms with Crippen LogP contribution in [0.5, 0.6) is 0 Å². The van der Waals surface area contributed by atoms with Crippen molar-refractivity contribution in [1.82, 2.24) is 9.80 Å². The Hall–Kier alpha value is -1.39. The molecular weight excluding hydrogens is 264 g/mol. The number of nitrogens with zero attached hydrogens (tertiary/aromatic N) is 2. The van der Waals surface area contributed by atoms with Gasteiger partial charge < -0.3 is 9.64 Å². The van der Waals surface area contributed by atoms with E-state index in [0.29, 0.717) is 6.54 Å². The van der Waals surface area contributed by atoms with E-state index in [-0.39, 0.29) is 12.1 Å². The topological polar surface area (TPSA) is 32.8 Å². The summed E-state index contributed by atoms with van der Waals surface area (Å²) in [5.41, 5.74) is 1.39. The second-order valence-corrected chi connectivity index (χ2v) is 5.89. The van der Waals surface area contributed by atoms with E-state index in [4.69, 9.17) is 4.74 Å². The molecule has 1 saturated heterocycles. The van der Waals surface area contributed by atoms with E-state index in [1.807, 2.05) is 13.8 Å². The number of benzene rings is 1. The maximum Gasteiger partial charge on any atom is 0.320 e. The summed E-state index contributed by atoms with van der Waals surface area (Å²) >= 11 is 0. The zero-order valence-corrected chi connectivity index (χ0v) is 13.1. The highest BCUT2D eigenvalue weighted by molar-refractivity contribution is 5.71. The van der Waals surface area contributed by atoms with Crippen molar-refractivity contribution < 1.29 is 9.53 Å². The van der Waals surface area contributed by atoms with Crippen LogP contribution >= 0.6 is 0 Å². The third kappa shape index (κ3) is 5.86. The van der Waals surface area contributed by atoms with Gasteiger partial charge in [-0.2, -0.15) is 0 Å². The lowest BCUT2D eigenvalue weighted by Crippen LogP contribution is -2.48. The zero-order chi connectivity index (χ0) is 15.1. The molecule has 0 aromatic heterocycles. The minimum Gasteiger partial charge on any atom is -0.462 e. The Kier molecular flexibility index (Phi) is 6.21. The van der Waals surface area contributed by atoms with E-state index >= 15 is 0 Å². The molecule has 0 bridgehead atoms. The average molecular weight is 290 g/mol. The van der Waals surface area contributed by atoms with Crippen LogP contribution in [0.2, 0.25) is 0 Å². The summed E-state index contributed by atoms with van der Waals surface area (Å²) in [7, 11) is 0. The molecule has 0 unspecified atom stereocenters. The number of carbonyl (C=O) groups excluding carboxylic acids is 1. The van der Waals surface area contributed by atoms with Gasteiger partial charge in [-0.3, -0.25) is 9.69 Å². The van der Waals surface area contributed by atoms with Gasteiger partial charge in [0.25, 0.3) is 0 Å². The molecule has 1 aliphatic rings. The molecule has 0 saturated carbocycles. The summed E-state index contributed by atoms with van der Waals surface area (Å²) in [4.78, 5) is 16.3. The van der Waals surface area contributed by atoms with Gasteiger partial charge in [0.1, 0.15) is 0 Å². The van der Waals surface area contributed by atoms with Gasteiger partial charge in [0.15, 0.2) is 0 Å². The maximum absolute atomic E-state index is 11.6. The molecular formula is C17H26N2O2. The number of esters is 1. The number of rotatable bonds is 6. The van der Waals surface area contributed by atoms with E-state index in [1.165, 1.54) is 5.56 Å². The third-order valence-electron chi connectivity index (χ3n) is 3.74. The van der Waals surface area contributed by atoms with Crippen LogP contribution < -0.4 is 0 Å². The van der Waals surface area contributed by atoms with Gasteiger partial charge in [-0.05, 0) is 25.8 Å². The predicted molar refractivity (Wildman–Crippen MR) is 84.3 cm³/mol. The second-order valence-electron chi connectivity index (χ2n) is 5.89. The van der Waals surface area contributed by atoms with Crippen molar-refractivity contribution in [1.29, 1.82) is 0 Å². The Morgan fingerprint density at radius 2 is 1.71 bits per heavy atom. The van der Waals surface area contributed by atoms with Gasteiger partial charge in [-0.1, -0.05) is 30.3 Å². The first-order valence-electron chi connectivity index (χ1n) is 7.81. The van der Waals surface area contributed by atoms with Crippen LogP contribution in [0.1, 0.15) is 19.4 Å². The van der Waals surface area contributed by atoms with Crippen LogP contribution in [0, 0.1) is 0 Å². The summed E-state index contributed by atoms with van der Waals surface area (Å²) in [6.45, 7) is 9.24. The van der Waals surface area contributed by atoms with Crippen LogP contribution in [0.4, 0.5) is 0 Å². The molecule has 1 fully saturated rings. The van der Waals surface area contributed by atoms with Gasteiger partial charge in [-0.25, -0.2) is 0 Å². The molecule has 0 N–H and O–H groups in total. The smallest absolute Gasteiger partial charge is 0.320 e. The maximum atomic E-state index is 11.6. The van der Waals surface area contributed by atoms with Crippen molar-refractivity contribution in [2.45, 2.75) is 26.4 Å². The Morgan fingerprint density at radius 1 is 1.10 bits per heavy atom. The third-order valence-corrected chi connectivity index (χ3v) is 3.74. The minimum atomic E-state index is -0.109. The fourth-order valence-corrected chi connectivity index (χ4v) is 2.59. The zero-order valence-electron chi connectivity index (χ0n) is 13.1. The molecule has 1 aliphatic heterocycles. The van der Waals surface area contributed by atoms with Crippen LogP contribution in [0.3, 0.4) is 0 Å². The lowest BCUT2D eigenvalue weighted by molar-refractivity contribution is -0.149. The first-order valence-corrected chi connectivity index (χ1v) is 7.81. The monoisotopic (exact) mass is 290 g/mol. The normalized spacial score (nSPS) is 17.1. The van der Waals surface area contributed by atoms with Crippen LogP contribution in [-0.2, 0) is 16.0 Å². The summed E-state index contributed by atoms with van der Waals surface area (Å²) in [6.07, 6.45) is 1.07. The largest absolute Gasteiger partial charge is 0.462 e. The van der Waals surface area contributed by atoms with Crippen LogP contribution in [0.15, 0.2) is 30.3 Å². The molecule has 1 aromatic carbocycles. The molecule has 1 aromatic rings. The highest BCUT2D eigenvalue weighted by Crippen LogP contribution is 2.06. The number of carbonyl (C=O) groups is 1. The molecule has 4 nitrogen and oxygen atoms in total. The molecule has 116 valence electrons. The SMILES string of the molecule is CC(C)OC(=O)CN1CCN(CCc2ccccc2)CC1. The van der Waals surface area contributed by atoms with E-state index in [0.717, 1.165) is 39.1 Å². The summed E-state index contributed by atoms with van der Waals surface area (Å²) < 4.78 is 5.19. The number of ether oxygens (including phenoxy) is 1. The molecule has 0 amide bonds. The van der Waals surface area contributed by atoms with Crippen molar-refractivity contribution in [3.05, 3.63) is 35.9 Å². The van der Waals surface area contributed by atoms with Crippen LogP contribution in [0.25, 0.3) is 0 Å². The van der Waals surface area contributed by atoms with Crippen molar-refractivity contribution in [2.24, 2.45) is 0 Å². The lowest BCUT2D eigenvalue weighted by atomic mass is 10.1. The van der Waals surface area contributed by atoms with Gasteiger partial charge >= 0.3 is 5.97 Å². The first-order chi connectivity index (χ1) is 10.1. The highest BCUT2D eigenvalue weighted by Gasteiger charge is 2.19. The molecule has 21 heavy (non-hydrogen) atoms. The van der Waals surface area contributed by atoms with E-state index in [2.05, 4.69) is 40.1 Å². The summed E-state index contributed by atoms with van der Waals surface area (Å²) in [5, 5.41) is 0. The van der Waals surface area contributed by atoms with Gasteiger partial charge in [0.05, 0.1) is 12.6 Å². The van der Waals surface area contributed by atoms with Crippen molar-refractivity contribution in [3.8, 4) is 0 Å². The second kappa shape index (κ2) is 8.15.